The average molecular weight is 1060 g/mol. The maximum Gasteiger partial charge on any atom is 0.407 e. The summed E-state index contributed by atoms with van der Waals surface area (Å²) in [6, 6.07) is 2.59. The van der Waals surface area contributed by atoms with E-state index in [-0.39, 0.29) is 84.4 Å². The number of aliphatic carboxylic acids is 2. The van der Waals surface area contributed by atoms with Crippen LogP contribution in [0.5, 0.6) is 0 Å². The molecular weight excluding hydrogens is 999 g/mol. The van der Waals surface area contributed by atoms with Crippen LogP contribution in [0.15, 0.2) is 46.7 Å². The fraction of sp³-hybridized carbons (Fsp3) is 0.619. The van der Waals surface area contributed by atoms with E-state index in [4.69, 9.17) is 25.7 Å². The zero-order chi connectivity index (χ0) is 51.7. The first-order valence-electron chi connectivity index (χ1n) is 22.5. The molecule has 2 heterocycles. The van der Waals surface area contributed by atoms with E-state index in [0.717, 1.165) is 49.6 Å². The van der Waals surface area contributed by atoms with Gasteiger partial charge in [0, 0.05) is 62.3 Å². The van der Waals surface area contributed by atoms with E-state index in [1.54, 1.807) is 0 Å². The van der Waals surface area contributed by atoms with Gasteiger partial charge in [0.05, 0.1) is 47.5 Å². The van der Waals surface area contributed by atoms with Gasteiger partial charge >= 0.3 is 35.4 Å². The molecule has 70 heavy (non-hydrogen) atoms. The number of hydrogen-bond donors (Lipinski definition) is 7. The Bertz CT molecular complexity index is 1980. The number of rotatable bonds is 39. The third kappa shape index (κ3) is 26.3. The number of nitrogens with one attached hydrogen (secondary N) is 3. The van der Waals surface area contributed by atoms with Crippen molar-refractivity contribution in [1.29, 1.82) is 0 Å². The van der Waals surface area contributed by atoms with Crippen molar-refractivity contribution in [2.45, 2.75) is 112 Å². The molecule has 390 valence electrons. The Labute approximate surface area is 420 Å². The molecule has 0 fully saturated rings. The Morgan fingerprint density at radius 3 is 1.74 bits per heavy atom. The van der Waals surface area contributed by atoms with Crippen LogP contribution in [0.25, 0.3) is 0 Å². The summed E-state index contributed by atoms with van der Waals surface area (Å²) in [6.07, 6.45) is 6.68. The van der Waals surface area contributed by atoms with Gasteiger partial charge in [-0.3, -0.25) is 39.4 Å². The first-order valence-corrected chi connectivity index (χ1v) is 27.1. The third-order valence-electron chi connectivity index (χ3n) is 10.0. The number of carbonyl (C=O) groups excluding carboxylic acids is 4. The second kappa shape index (κ2) is 36.0. The van der Waals surface area contributed by atoms with Gasteiger partial charge in [-0.05, 0) is 111 Å². The number of alkyl carbamates (subject to hydrolysis) is 1. The van der Waals surface area contributed by atoms with Crippen LogP contribution in [0.2, 0.25) is 0 Å². The lowest BCUT2D eigenvalue weighted by Crippen LogP contribution is -2.43. The SMILES string of the molecule is CCOCC(CCCCOC(=O)CC(CCCCNC(=O)C(N)CSSc1ncccc1[N+](=O)[O-])C(=O)O)CCCOC(=O)NC(CCCCNC(=O)C(N)CSSc1ncccc1[N+](=O)[O-])C(=O)O. The van der Waals surface area contributed by atoms with Crippen molar-refractivity contribution in [3.63, 3.8) is 0 Å². The summed E-state index contributed by atoms with van der Waals surface area (Å²) in [4.78, 5) is 102. The van der Waals surface area contributed by atoms with Crippen molar-refractivity contribution in [2.75, 3.05) is 51.0 Å². The number of carboxylic acid groups (broad SMARTS) is 2. The first kappa shape index (κ1) is 61.1. The minimum atomic E-state index is -1.24. The molecule has 0 aliphatic rings. The topological polar surface area (TPSA) is 371 Å². The van der Waals surface area contributed by atoms with Gasteiger partial charge in [0.2, 0.25) is 11.8 Å². The molecule has 5 unspecified atom stereocenters. The van der Waals surface area contributed by atoms with E-state index in [0.29, 0.717) is 64.6 Å². The summed E-state index contributed by atoms with van der Waals surface area (Å²) in [5.74, 6) is -4.37. The smallest absolute Gasteiger partial charge is 0.407 e. The lowest BCUT2D eigenvalue weighted by Gasteiger charge is -2.18. The second-order valence-corrected chi connectivity index (χ2v) is 20.1. The normalized spacial score (nSPS) is 13.2. The number of ether oxygens (including phenoxy) is 3. The van der Waals surface area contributed by atoms with Crippen molar-refractivity contribution in [2.24, 2.45) is 23.3 Å². The summed E-state index contributed by atoms with van der Waals surface area (Å²) in [7, 11) is 4.40. The van der Waals surface area contributed by atoms with Crippen molar-refractivity contribution < 1.29 is 63.0 Å². The lowest BCUT2D eigenvalue weighted by molar-refractivity contribution is -0.388. The van der Waals surface area contributed by atoms with Gasteiger partial charge in [-0.1, -0.05) is 28.0 Å². The molecule has 0 spiro atoms. The molecule has 2 aromatic heterocycles. The highest BCUT2D eigenvalue weighted by Gasteiger charge is 2.24. The summed E-state index contributed by atoms with van der Waals surface area (Å²) >= 11 is 0. The molecule has 0 saturated carbocycles. The summed E-state index contributed by atoms with van der Waals surface area (Å²) in [5, 5.41) is 49.7. The highest BCUT2D eigenvalue weighted by atomic mass is 33.1. The molecule has 0 radical (unpaired) electrons. The Kier molecular flexibility index (Phi) is 31.4. The standard InChI is InChI=1S/C42H63N9O15S4/c1-2-64-25-28(13-11-23-66-42(59)49-32(41(57)58)15-4-7-19-46-37(54)31(44)27-68-70-39-34(51(62)63)17-10-21-48-39)12-5-8-22-65-35(52)24-29(40(55)56)14-3-6-18-45-36(53)30(43)26-67-69-38-33(50(60)61)16-9-20-47-38/h9-10,16-17,20-21,28-32H,2-8,11-15,18-19,22-27,43-44H2,1H3,(H,45,53)(H,46,54)(H,49,59)(H,55,56)(H,57,58). The average Bonchev–Trinajstić information content (AvgIpc) is 3.32. The van der Waals surface area contributed by atoms with E-state index < -0.39 is 69.7 Å². The van der Waals surface area contributed by atoms with Crippen LogP contribution >= 0.6 is 43.2 Å². The minimum Gasteiger partial charge on any atom is -0.481 e. The molecule has 5 atom stereocenters. The van der Waals surface area contributed by atoms with E-state index in [2.05, 4.69) is 25.9 Å². The molecule has 2 aromatic rings. The van der Waals surface area contributed by atoms with Crippen LogP contribution in [0.1, 0.15) is 84.0 Å². The van der Waals surface area contributed by atoms with E-state index >= 15 is 0 Å². The number of hydrogen-bond acceptors (Lipinski definition) is 21. The molecule has 0 bridgehead atoms. The first-order chi connectivity index (χ1) is 33.5. The van der Waals surface area contributed by atoms with Crippen LogP contribution in [0.3, 0.4) is 0 Å². The van der Waals surface area contributed by atoms with Crippen LogP contribution in [-0.4, -0.2) is 135 Å². The van der Waals surface area contributed by atoms with Crippen LogP contribution in [-0.2, 0) is 38.2 Å². The van der Waals surface area contributed by atoms with E-state index in [1.807, 2.05) is 6.92 Å². The molecule has 28 heteroatoms. The number of nitrogens with zero attached hydrogens (tertiary/aromatic N) is 4. The largest absolute Gasteiger partial charge is 0.481 e. The van der Waals surface area contributed by atoms with E-state index in [1.165, 1.54) is 36.7 Å². The highest BCUT2D eigenvalue weighted by Crippen LogP contribution is 2.36. The number of nitro groups is 2. The number of unbranched alkanes of at least 4 members (excludes halogenated alkanes) is 3. The van der Waals surface area contributed by atoms with Crippen molar-refractivity contribution >= 4 is 90.4 Å². The fourth-order valence-corrected chi connectivity index (χ4v) is 10.5. The Morgan fingerprint density at radius 1 is 0.714 bits per heavy atom. The van der Waals surface area contributed by atoms with Crippen molar-refractivity contribution in [3.05, 3.63) is 56.9 Å². The van der Waals surface area contributed by atoms with Gasteiger partial charge in [-0.15, -0.1) is 0 Å². The minimum absolute atomic E-state index is 0.0392. The molecule has 0 saturated heterocycles. The van der Waals surface area contributed by atoms with Gasteiger partial charge in [0.15, 0.2) is 10.1 Å². The van der Waals surface area contributed by atoms with Gasteiger partial charge in [0.25, 0.3) is 0 Å². The predicted octanol–water partition coefficient (Wildman–Crippen LogP) is 5.12. The zero-order valence-electron chi connectivity index (χ0n) is 38.8. The third-order valence-corrected chi connectivity index (χ3v) is 14.6. The number of esters is 1. The molecule has 0 aliphatic heterocycles. The van der Waals surface area contributed by atoms with Crippen molar-refractivity contribution in [1.82, 2.24) is 25.9 Å². The van der Waals surface area contributed by atoms with Gasteiger partial charge in [0.1, 0.15) is 6.04 Å². The molecule has 0 aliphatic carbocycles. The number of carboxylic acids is 2. The number of carbonyl (C=O) groups is 6. The molecule has 9 N–H and O–H groups in total. The summed E-state index contributed by atoms with van der Waals surface area (Å²) < 4.78 is 16.2. The predicted molar refractivity (Wildman–Crippen MR) is 264 cm³/mol. The van der Waals surface area contributed by atoms with Gasteiger partial charge in [-0.2, -0.15) is 0 Å². The van der Waals surface area contributed by atoms with Gasteiger partial charge in [-0.25, -0.2) is 19.6 Å². The van der Waals surface area contributed by atoms with Gasteiger partial charge < -0.3 is 51.8 Å². The Hall–Kier alpha value is -5.00. The molecular formula is C42H63N9O15S4. The fourth-order valence-electron chi connectivity index (χ4n) is 6.19. The quantitative estimate of drug-likeness (QED) is 0.0150. The van der Waals surface area contributed by atoms with Crippen LogP contribution in [0.4, 0.5) is 16.2 Å². The number of nitrogens with two attached hydrogens (primary N) is 2. The monoisotopic (exact) mass is 1060 g/mol. The summed E-state index contributed by atoms with van der Waals surface area (Å²) in [6.45, 7) is 3.44. The number of amides is 3. The lowest BCUT2D eigenvalue weighted by atomic mass is 9.97. The molecule has 24 nitrogen and oxygen atoms in total. The molecule has 2 rings (SSSR count). The number of pyridine rings is 2. The number of aromatic nitrogens is 2. The van der Waals surface area contributed by atoms with Crippen molar-refractivity contribution in [3.8, 4) is 0 Å². The molecule has 3 amide bonds. The molecule has 0 aromatic carbocycles. The maximum absolute atomic E-state index is 12.5. The van der Waals surface area contributed by atoms with Crippen LogP contribution < -0.4 is 27.4 Å². The second-order valence-electron chi connectivity index (χ2n) is 15.5. The maximum atomic E-state index is 12.5. The Balaban J connectivity index is 1.58. The summed E-state index contributed by atoms with van der Waals surface area (Å²) in [5.41, 5.74) is 11.6. The van der Waals surface area contributed by atoms with E-state index in [9.17, 15) is 59.2 Å². The Morgan fingerprint density at radius 2 is 1.23 bits per heavy atom. The zero-order valence-corrected chi connectivity index (χ0v) is 42.0. The highest BCUT2D eigenvalue weighted by molar-refractivity contribution is 8.77. The van der Waals surface area contributed by atoms with Crippen LogP contribution in [0, 0.1) is 32.1 Å².